The van der Waals surface area contributed by atoms with Crippen molar-refractivity contribution < 1.29 is 4.74 Å². The number of aromatic nitrogens is 2. The number of ether oxygens (including phenoxy) is 1. The first-order valence-corrected chi connectivity index (χ1v) is 6.88. The van der Waals surface area contributed by atoms with Gasteiger partial charge in [0.1, 0.15) is 17.4 Å². The number of rotatable bonds is 4. The maximum atomic E-state index is 5.97. The minimum atomic E-state index is 0.226. The van der Waals surface area contributed by atoms with Crippen LogP contribution in [0.1, 0.15) is 31.2 Å². The largest absolute Gasteiger partial charge is 0.438 e. The fourth-order valence-electron chi connectivity index (χ4n) is 1.76. The SMILES string of the molecule is CNc1nc(C(C)C)nc(Oc2cccc(Cl)c2)c1C. The van der Waals surface area contributed by atoms with Gasteiger partial charge in [-0.2, -0.15) is 4.98 Å². The lowest BCUT2D eigenvalue weighted by Gasteiger charge is -2.14. The average Bonchev–Trinajstić information content (AvgIpc) is 2.41. The first-order chi connectivity index (χ1) is 9.51. The normalized spacial score (nSPS) is 10.7. The van der Waals surface area contributed by atoms with Crippen LogP contribution < -0.4 is 10.1 Å². The third-order valence-electron chi connectivity index (χ3n) is 2.88. The average molecular weight is 292 g/mol. The van der Waals surface area contributed by atoms with Gasteiger partial charge in [-0.05, 0) is 25.1 Å². The summed E-state index contributed by atoms with van der Waals surface area (Å²) in [6.07, 6.45) is 0. The van der Waals surface area contributed by atoms with Gasteiger partial charge in [-0.15, -0.1) is 0 Å². The fourth-order valence-corrected chi connectivity index (χ4v) is 1.94. The first-order valence-electron chi connectivity index (χ1n) is 6.51. The number of hydrogen-bond donors (Lipinski definition) is 1. The van der Waals surface area contributed by atoms with Gasteiger partial charge in [-0.25, -0.2) is 4.98 Å². The Bertz CT molecular complexity index is 614. The molecule has 0 bridgehead atoms. The molecule has 2 aromatic rings. The zero-order valence-corrected chi connectivity index (χ0v) is 12.8. The molecule has 4 nitrogen and oxygen atoms in total. The molecule has 0 spiro atoms. The number of halogens is 1. The van der Waals surface area contributed by atoms with Gasteiger partial charge >= 0.3 is 0 Å². The van der Waals surface area contributed by atoms with Gasteiger partial charge in [0, 0.05) is 18.0 Å². The second-order valence-electron chi connectivity index (χ2n) is 4.82. The molecule has 0 aliphatic heterocycles. The quantitative estimate of drug-likeness (QED) is 0.907. The fraction of sp³-hybridized carbons (Fsp3) is 0.333. The van der Waals surface area contributed by atoms with E-state index in [1.165, 1.54) is 0 Å². The lowest BCUT2D eigenvalue weighted by atomic mass is 10.2. The van der Waals surface area contributed by atoms with Crippen molar-refractivity contribution in [3.05, 3.63) is 40.7 Å². The molecule has 0 aliphatic carbocycles. The summed E-state index contributed by atoms with van der Waals surface area (Å²) in [5, 5.41) is 3.70. The van der Waals surface area contributed by atoms with Crippen molar-refractivity contribution in [3.63, 3.8) is 0 Å². The van der Waals surface area contributed by atoms with E-state index < -0.39 is 0 Å². The van der Waals surface area contributed by atoms with Crippen molar-refractivity contribution in [2.24, 2.45) is 0 Å². The van der Waals surface area contributed by atoms with Crippen LogP contribution >= 0.6 is 11.6 Å². The van der Waals surface area contributed by atoms with Crippen molar-refractivity contribution in [2.45, 2.75) is 26.7 Å². The molecule has 2 rings (SSSR count). The van der Waals surface area contributed by atoms with E-state index in [4.69, 9.17) is 16.3 Å². The number of anilines is 1. The summed E-state index contributed by atoms with van der Waals surface area (Å²) >= 11 is 5.97. The molecule has 0 saturated carbocycles. The molecule has 0 amide bonds. The lowest BCUT2D eigenvalue weighted by Crippen LogP contribution is -2.06. The Labute approximate surface area is 124 Å². The van der Waals surface area contributed by atoms with Crippen molar-refractivity contribution in [1.29, 1.82) is 0 Å². The van der Waals surface area contributed by atoms with Gasteiger partial charge < -0.3 is 10.1 Å². The van der Waals surface area contributed by atoms with Crippen molar-refractivity contribution in [3.8, 4) is 11.6 Å². The molecular formula is C15H18ClN3O. The summed E-state index contributed by atoms with van der Waals surface area (Å²) in [5.74, 6) is 2.97. The van der Waals surface area contributed by atoms with Crippen LogP contribution in [0.25, 0.3) is 0 Å². The van der Waals surface area contributed by atoms with E-state index in [-0.39, 0.29) is 5.92 Å². The van der Waals surface area contributed by atoms with Crippen molar-refractivity contribution >= 4 is 17.4 Å². The molecular weight excluding hydrogens is 274 g/mol. The van der Waals surface area contributed by atoms with Gasteiger partial charge in [0.15, 0.2) is 0 Å². The predicted octanol–water partition coefficient (Wildman–Crippen LogP) is 4.40. The number of hydrogen-bond acceptors (Lipinski definition) is 4. The van der Waals surface area contributed by atoms with Crippen molar-refractivity contribution in [1.82, 2.24) is 9.97 Å². The molecule has 0 atom stereocenters. The Morgan fingerprint density at radius 2 is 2.00 bits per heavy atom. The summed E-state index contributed by atoms with van der Waals surface area (Å²) < 4.78 is 5.85. The third kappa shape index (κ3) is 3.20. The Balaban J connectivity index is 2.42. The minimum Gasteiger partial charge on any atom is -0.438 e. The number of benzene rings is 1. The summed E-state index contributed by atoms with van der Waals surface area (Å²) in [6, 6.07) is 7.26. The molecule has 1 heterocycles. The van der Waals surface area contributed by atoms with Crippen LogP contribution in [0, 0.1) is 6.92 Å². The van der Waals surface area contributed by atoms with Crippen LogP contribution in [-0.2, 0) is 0 Å². The van der Waals surface area contributed by atoms with Crippen LogP contribution in [0.15, 0.2) is 24.3 Å². The van der Waals surface area contributed by atoms with Crippen molar-refractivity contribution in [2.75, 3.05) is 12.4 Å². The Kier molecular flexibility index (Phi) is 4.45. The molecule has 106 valence electrons. The van der Waals surface area contributed by atoms with Gasteiger partial charge in [0.05, 0.1) is 5.56 Å². The van der Waals surface area contributed by atoms with E-state index >= 15 is 0 Å². The monoisotopic (exact) mass is 291 g/mol. The minimum absolute atomic E-state index is 0.226. The van der Waals surface area contributed by atoms with Gasteiger partial charge in [-0.3, -0.25) is 0 Å². The van der Waals surface area contributed by atoms with Gasteiger partial charge in [0.25, 0.3) is 0 Å². The topological polar surface area (TPSA) is 47.0 Å². The molecule has 1 N–H and O–H groups in total. The van der Waals surface area contributed by atoms with E-state index in [0.29, 0.717) is 16.7 Å². The second kappa shape index (κ2) is 6.09. The number of nitrogens with zero attached hydrogens (tertiary/aromatic N) is 2. The molecule has 0 saturated heterocycles. The van der Waals surface area contributed by atoms with Crippen LogP contribution in [0.5, 0.6) is 11.6 Å². The maximum Gasteiger partial charge on any atom is 0.227 e. The Morgan fingerprint density at radius 1 is 1.25 bits per heavy atom. The summed E-state index contributed by atoms with van der Waals surface area (Å²) in [6.45, 7) is 6.02. The first kappa shape index (κ1) is 14.6. The molecule has 20 heavy (non-hydrogen) atoms. The third-order valence-corrected chi connectivity index (χ3v) is 3.12. The highest BCUT2D eigenvalue weighted by molar-refractivity contribution is 6.30. The van der Waals surface area contributed by atoms with Crippen LogP contribution in [0.4, 0.5) is 5.82 Å². The maximum absolute atomic E-state index is 5.97. The Hall–Kier alpha value is -1.81. The van der Waals surface area contributed by atoms with E-state index in [2.05, 4.69) is 15.3 Å². The smallest absolute Gasteiger partial charge is 0.227 e. The zero-order chi connectivity index (χ0) is 14.7. The summed E-state index contributed by atoms with van der Waals surface area (Å²) in [4.78, 5) is 8.97. The Morgan fingerprint density at radius 3 is 2.60 bits per heavy atom. The van der Waals surface area contributed by atoms with Crippen LogP contribution in [-0.4, -0.2) is 17.0 Å². The molecule has 0 unspecified atom stereocenters. The van der Waals surface area contributed by atoms with Crippen LogP contribution in [0.2, 0.25) is 5.02 Å². The molecule has 0 aliphatic rings. The van der Waals surface area contributed by atoms with E-state index in [0.717, 1.165) is 17.2 Å². The molecule has 5 heteroatoms. The number of nitrogens with one attached hydrogen (secondary N) is 1. The highest BCUT2D eigenvalue weighted by Crippen LogP contribution is 2.29. The molecule has 1 aromatic heterocycles. The lowest BCUT2D eigenvalue weighted by molar-refractivity contribution is 0.453. The predicted molar refractivity (Wildman–Crippen MR) is 81.9 cm³/mol. The van der Waals surface area contributed by atoms with E-state index in [9.17, 15) is 0 Å². The summed E-state index contributed by atoms with van der Waals surface area (Å²) in [7, 11) is 1.84. The highest BCUT2D eigenvalue weighted by atomic mass is 35.5. The summed E-state index contributed by atoms with van der Waals surface area (Å²) in [5.41, 5.74) is 0.872. The standard InChI is InChI=1S/C15H18ClN3O/c1-9(2)13-18-14(17-4)10(3)15(19-13)20-12-7-5-6-11(16)8-12/h5-9H,1-4H3,(H,17,18,19). The van der Waals surface area contributed by atoms with Crippen LogP contribution in [0.3, 0.4) is 0 Å². The van der Waals surface area contributed by atoms with E-state index in [1.54, 1.807) is 12.1 Å². The zero-order valence-electron chi connectivity index (χ0n) is 12.1. The molecule has 0 fully saturated rings. The van der Waals surface area contributed by atoms with Gasteiger partial charge in [-0.1, -0.05) is 31.5 Å². The molecule has 1 aromatic carbocycles. The van der Waals surface area contributed by atoms with E-state index in [1.807, 2.05) is 40.0 Å². The second-order valence-corrected chi connectivity index (χ2v) is 5.26. The molecule has 0 radical (unpaired) electrons. The highest BCUT2D eigenvalue weighted by Gasteiger charge is 2.14. The van der Waals surface area contributed by atoms with Gasteiger partial charge in [0.2, 0.25) is 5.88 Å².